The van der Waals surface area contributed by atoms with Crippen molar-refractivity contribution in [2.24, 2.45) is 5.92 Å². The second-order valence-electron chi connectivity index (χ2n) is 6.66. The molecular weight excluding hydrogens is 348 g/mol. The summed E-state index contributed by atoms with van der Waals surface area (Å²) in [6.07, 6.45) is 0. The molecule has 3 rings (SSSR count). The Kier molecular flexibility index (Phi) is 5.93. The number of hydrogen-bond acceptors (Lipinski definition) is 4. The number of piperazine rings is 1. The number of carbonyl (C=O) groups is 2. The van der Waals surface area contributed by atoms with E-state index in [0.717, 1.165) is 5.75 Å². The number of nitrogens with zero attached hydrogens (tertiary/aromatic N) is 2. The van der Waals surface area contributed by atoms with Crippen LogP contribution in [0, 0.1) is 5.92 Å². The average molecular weight is 372 g/mol. The van der Waals surface area contributed by atoms with Crippen LogP contribution >= 0.6 is 11.3 Å². The van der Waals surface area contributed by atoms with Crippen molar-refractivity contribution in [1.82, 2.24) is 9.80 Å². The molecule has 1 saturated heterocycles. The lowest BCUT2D eigenvalue weighted by Gasteiger charge is -2.35. The summed E-state index contributed by atoms with van der Waals surface area (Å²) in [7, 11) is 0. The maximum Gasteiger partial charge on any atom is 0.253 e. The van der Waals surface area contributed by atoms with Gasteiger partial charge in [0.1, 0.15) is 12.4 Å². The van der Waals surface area contributed by atoms with Crippen molar-refractivity contribution in [1.29, 1.82) is 0 Å². The highest BCUT2D eigenvalue weighted by atomic mass is 32.1. The highest BCUT2D eigenvalue weighted by molar-refractivity contribution is 7.09. The summed E-state index contributed by atoms with van der Waals surface area (Å²) in [4.78, 5) is 29.5. The van der Waals surface area contributed by atoms with Gasteiger partial charge in [-0.15, -0.1) is 11.3 Å². The van der Waals surface area contributed by atoms with Crippen LogP contribution in [0.25, 0.3) is 0 Å². The van der Waals surface area contributed by atoms with E-state index < -0.39 is 0 Å². The molecule has 2 aromatic rings. The lowest BCUT2D eigenvalue weighted by atomic mass is 10.1. The zero-order chi connectivity index (χ0) is 18.5. The van der Waals surface area contributed by atoms with E-state index in [1.165, 1.54) is 4.88 Å². The predicted molar refractivity (Wildman–Crippen MR) is 102 cm³/mol. The quantitative estimate of drug-likeness (QED) is 0.809. The fourth-order valence-electron chi connectivity index (χ4n) is 2.92. The van der Waals surface area contributed by atoms with Crippen LogP contribution < -0.4 is 4.74 Å². The molecule has 2 amide bonds. The van der Waals surface area contributed by atoms with Gasteiger partial charge in [0.25, 0.3) is 5.91 Å². The standard InChI is InChI=1S/C20H24N2O3S/c1-15(2)19(23)21-9-11-22(12-10-21)20(24)16-5-7-17(8-6-16)25-14-18-4-3-13-26-18/h3-8,13,15H,9-12,14H2,1-2H3. The molecule has 5 nitrogen and oxygen atoms in total. The first-order valence-corrected chi connectivity index (χ1v) is 9.76. The van der Waals surface area contributed by atoms with Crippen molar-refractivity contribution < 1.29 is 14.3 Å². The summed E-state index contributed by atoms with van der Waals surface area (Å²) in [5, 5.41) is 2.02. The number of carbonyl (C=O) groups excluding carboxylic acids is 2. The summed E-state index contributed by atoms with van der Waals surface area (Å²) in [5.74, 6) is 0.914. The number of amides is 2. The van der Waals surface area contributed by atoms with Crippen LogP contribution in [-0.2, 0) is 11.4 Å². The fraction of sp³-hybridized carbons (Fsp3) is 0.400. The zero-order valence-corrected chi connectivity index (χ0v) is 16.0. The third-order valence-corrected chi connectivity index (χ3v) is 5.28. The van der Waals surface area contributed by atoms with Crippen molar-refractivity contribution in [3.8, 4) is 5.75 Å². The summed E-state index contributed by atoms with van der Waals surface area (Å²) < 4.78 is 5.73. The van der Waals surface area contributed by atoms with Crippen LogP contribution in [0.4, 0.5) is 0 Å². The molecular formula is C20H24N2O3S. The summed E-state index contributed by atoms with van der Waals surface area (Å²) >= 11 is 1.66. The van der Waals surface area contributed by atoms with Gasteiger partial charge < -0.3 is 14.5 Å². The second kappa shape index (κ2) is 8.36. The molecule has 0 unspecified atom stereocenters. The Morgan fingerprint density at radius 2 is 1.69 bits per heavy atom. The predicted octanol–water partition coefficient (Wildman–Crippen LogP) is 3.27. The molecule has 1 aromatic carbocycles. The van der Waals surface area contributed by atoms with Gasteiger partial charge in [-0.1, -0.05) is 19.9 Å². The molecule has 1 aliphatic heterocycles. The zero-order valence-electron chi connectivity index (χ0n) is 15.2. The smallest absolute Gasteiger partial charge is 0.253 e. The SMILES string of the molecule is CC(C)C(=O)N1CCN(C(=O)c2ccc(OCc3cccs3)cc2)CC1. The Hall–Kier alpha value is -2.34. The van der Waals surface area contributed by atoms with Gasteiger partial charge in [0.05, 0.1) is 0 Å². The van der Waals surface area contributed by atoms with Crippen LogP contribution in [0.5, 0.6) is 5.75 Å². The van der Waals surface area contributed by atoms with Crippen LogP contribution in [0.3, 0.4) is 0 Å². The monoisotopic (exact) mass is 372 g/mol. The maximum atomic E-state index is 12.6. The van der Waals surface area contributed by atoms with Crippen LogP contribution in [-0.4, -0.2) is 47.8 Å². The molecule has 0 atom stereocenters. The first-order chi connectivity index (χ1) is 12.5. The lowest BCUT2D eigenvalue weighted by Crippen LogP contribution is -2.51. The van der Waals surface area contributed by atoms with E-state index in [-0.39, 0.29) is 17.7 Å². The van der Waals surface area contributed by atoms with E-state index in [0.29, 0.717) is 38.3 Å². The van der Waals surface area contributed by atoms with Gasteiger partial charge in [0.15, 0.2) is 0 Å². The van der Waals surface area contributed by atoms with Gasteiger partial charge >= 0.3 is 0 Å². The van der Waals surface area contributed by atoms with Crippen molar-refractivity contribution in [3.63, 3.8) is 0 Å². The average Bonchev–Trinajstić information content (AvgIpc) is 3.19. The highest BCUT2D eigenvalue weighted by Crippen LogP contribution is 2.18. The maximum absolute atomic E-state index is 12.6. The minimum absolute atomic E-state index is 0.000951. The van der Waals surface area contributed by atoms with E-state index >= 15 is 0 Å². The first-order valence-electron chi connectivity index (χ1n) is 8.88. The van der Waals surface area contributed by atoms with Crippen molar-refractivity contribution >= 4 is 23.2 Å². The lowest BCUT2D eigenvalue weighted by molar-refractivity contribution is -0.135. The number of benzene rings is 1. The summed E-state index contributed by atoms with van der Waals surface area (Å²) in [6, 6.07) is 11.3. The number of rotatable bonds is 5. The Morgan fingerprint density at radius 1 is 1.04 bits per heavy atom. The molecule has 0 bridgehead atoms. The minimum atomic E-state index is -0.000951. The van der Waals surface area contributed by atoms with E-state index in [4.69, 9.17) is 4.74 Å². The van der Waals surface area contributed by atoms with Gasteiger partial charge in [0, 0.05) is 42.5 Å². The molecule has 2 heterocycles. The van der Waals surface area contributed by atoms with Crippen molar-refractivity contribution in [3.05, 3.63) is 52.2 Å². The molecule has 1 aliphatic rings. The molecule has 0 N–H and O–H groups in total. The Bertz CT molecular complexity index is 733. The third-order valence-electron chi connectivity index (χ3n) is 4.43. The van der Waals surface area contributed by atoms with E-state index in [2.05, 4.69) is 0 Å². The van der Waals surface area contributed by atoms with E-state index in [9.17, 15) is 9.59 Å². The van der Waals surface area contributed by atoms with E-state index in [1.54, 1.807) is 23.5 Å². The molecule has 138 valence electrons. The van der Waals surface area contributed by atoms with Gasteiger partial charge in [-0.05, 0) is 35.7 Å². The molecule has 0 spiro atoms. The Balaban J connectivity index is 1.53. The molecule has 6 heteroatoms. The molecule has 26 heavy (non-hydrogen) atoms. The van der Waals surface area contributed by atoms with Gasteiger partial charge in [-0.25, -0.2) is 0 Å². The fourth-order valence-corrected chi connectivity index (χ4v) is 3.54. The van der Waals surface area contributed by atoms with Crippen molar-refractivity contribution in [2.45, 2.75) is 20.5 Å². The largest absolute Gasteiger partial charge is 0.488 e. The van der Waals surface area contributed by atoms with E-state index in [1.807, 2.05) is 53.3 Å². The minimum Gasteiger partial charge on any atom is -0.488 e. The van der Waals surface area contributed by atoms with Gasteiger partial charge in [0.2, 0.25) is 5.91 Å². The van der Waals surface area contributed by atoms with Crippen LogP contribution in [0.15, 0.2) is 41.8 Å². The number of ether oxygens (including phenoxy) is 1. The highest BCUT2D eigenvalue weighted by Gasteiger charge is 2.25. The number of hydrogen-bond donors (Lipinski definition) is 0. The second-order valence-corrected chi connectivity index (χ2v) is 7.70. The van der Waals surface area contributed by atoms with Gasteiger partial charge in [-0.2, -0.15) is 0 Å². The molecule has 1 fully saturated rings. The van der Waals surface area contributed by atoms with Crippen molar-refractivity contribution in [2.75, 3.05) is 26.2 Å². The summed E-state index contributed by atoms with van der Waals surface area (Å²) in [5.41, 5.74) is 0.650. The molecule has 1 aromatic heterocycles. The Morgan fingerprint density at radius 3 is 2.27 bits per heavy atom. The van der Waals surface area contributed by atoms with Crippen LogP contribution in [0.1, 0.15) is 29.1 Å². The third kappa shape index (κ3) is 4.43. The molecule has 0 aliphatic carbocycles. The normalized spacial score (nSPS) is 14.6. The first kappa shape index (κ1) is 18.5. The van der Waals surface area contributed by atoms with Crippen LogP contribution in [0.2, 0.25) is 0 Å². The topological polar surface area (TPSA) is 49.9 Å². The molecule has 0 saturated carbocycles. The summed E-state index contributed by atoms with van der Waals surface area (Å²) in [6.45, 7) is 6.71. The molecule has 0 radical (unpaired) electrons. The van der Waals surface area contributed by atoms with Gasteiger partial charge in [-0.3, -0.25) is 9.59 Å². The Labute approximate surface area is 158 Å². The number of thiophene rings is 1.